The van der Waals surface area contributed by atoms with Gasteiger partial charge in [0.2, 0.25) is 10.0 Å². The molecule has 0 N–H and O–H groups in total. The Kier molecular flexibility index (Phi) is 5.19. The molecule has 1 aliphatic heterocycles. The summed E-state index contributed by atoms with van der Waals surface area (Å²) in [7, 11) is -3.05. The molecule has 0 atom stereocenters. The van der Waals surface area contributed by atoms with Gasteiger partial charge in [0.1, 0.15) is 5.75 Å². The number of halogens is 1. The summed E-state index contributed by atoms with van der Waals surface area (Å²) in [5.74, 6) is 2.56. The maximum atomic E-state index is 11.5. The summed E-state index contributed by atoms with van der Waals surface area (Å²) >= 11 is 5.93. The predicted molar refractivity (Wildman–Crippen MR) is 92.6 cm³/mol. The average molecular weight is 358 g/mol. The van der Waals surface area contributed by atoms with Gasteiger partial charge in [-0.3, -0.25) is 0 Å². The Morgan fingerprint density at radius 3 is 2.48 bits per heavy atom. The van der Waals surface area contributed by atoms with Crippen molar-refractivity contribution < 1.29 is 13.2 Å². The Morgan fingerprint density at radius 1 is 1.22 bits per heavy atom. The number of piperidine rings is 1. The van der Waals surface area contributed by atoms with Gasteiger partial charge >= 0.3 is 0 Å². The smallest absolute Gasteiger partial charge is 0.211 e. The Balaban J connectivity index is 1.57. The molecular weight excluding hydrogens is 334 g/mol. The summed E-state index contributed by atoms with van der Waals surface area (Å²) in [4.78, 5) is 0. The summed E-state index contributed by atoms with van der Waals surface area (Å²) in [5.41, 5.74) is 2.43. The van der Waals surface area contributed by atoms with Crippen molar-refractivity contribution in [2.45, 2.75) is 37.5 Å². The monoisotopic (exact) mass is 357 g/mol. The highest BCUT2D eigenvalue weighted by molar-refractivity contribution is 7.88. The van der Waals surface area contributed by atoms with Gasteiger partial charge in [0.25, 0.3) is 0 Å². The molecule has 0 amide bonds. The second-order valence-corrected chi connectivity index (χ2v) is 8.95. The molecule has 0 spiro atoms. The lowest BCUT2D eigenvalue weighted by Crippen LogP contribution is -2.39. The highest BCUT2D eigenvalue weighted by atomic mass is 35.5. The first-order valence-electron chi connectivity index (χ1n) is 8.24. The van der Waals surface area contributed by atoms with Crippen molar-refractivity contribution in [1.82, 2.24) is 4.31 Å². The summed E-state index contributed by atoms with van der Waals surface area (Å²) in [5, 5.41) is 0. The molecule has 1 heterocycles. The third kappa shape index (κ3) is 4.40. The van der Waals surface area contributed by atoms with E-state index in [4.69, 9.17) is 16.3 Å². The van der Waals surface area contributed by atoms with Gasteiger partial charge in [0, 0.05) is 19.0 Å². The molecule has 4 nitrogen and oxygen atoms in total. The topological polar surface area (TPSA) is 46.6 Å². The maximum Gasteiger partial charge on any atom is 0.211 e. The van der Waals surface area contributed by atoms with E-state index in [1.165, 1.54) is 24.7 Å². The van der Waals surface area contributed by atoms with E-state index in [-0.39, 0.29) is 0 Å². The van der Waals surface area contributed by atoms with Crippen LogP contribution in [0, 0.1) is 5.92 Å². The molecular formula is C17H24ClNO3S. The number of ether oxygens (including phenoxy) is 1. The van der Waals surface area contributed by atoms with E-state index in [0.29, 0.717) is 37.4 Å². The maximum absolute atomic E-state index is 11.5. The molecule has 1 aromatic rings. The van der Waals surface area contributed by atoms with Crippen LogP contribution in [0.25, 0.3) is 0 Å². The lowest BCUT2D eigenvalue weighted by molar-refractivity contribution is 0.184. The molecule has 3 rings (SSSR count). The number of alkyl halides is 1. The minimum atomic E-state index is -3.05. The molecule has 0 radical (unpaired) electrons. The van der Waals surface area contributed by atoms with Crippen LogP contribution in [-0.4, -0.2) is 38.7 Å². The Hall–Kier alpha value is -0.780. The van der Waals surface area contributed by atoms with Crippen LogP contribution in [0.2, 0.25) is 0 Å². The molecule has 0 unspecified atom stereocenters. The molecule has 0 aromatic heterocycles. The van der Waals surface area contributed by atoms with Gasteiger partial charge < -0.3 is 4.74 Å². The van der Waals surface area contributed by atoms with E-state index in [1.54, 1.807) is 4.31 Å². The number of rotatable bonds is 6. The molecule has 128 valence electrons. The van der Waals surface area contributed by atoms with E-state index < -0.39 is 10.0 Å². The minimum Gasteiger partial charge on any atom is -0.493 e. The fourth-order valence-corrected chi connectivity index (χ4v) is 4.18. The van der Waals surface area contributed by atoms with Crippen LogP contribution >= 0.6 is 11.6 Å². The van der Waals surface area contributed by atoms with E-state index in [0.717, 1.165) is 24.2 Å². The second kappa shape index (κ2) is 6.99. The molecule has 2 aliphatic rings. The third-order valence-electron chi connectivity index (χ3n) is 4.76. The third-order valence-corrected chi connectivity index (χ3v) is 6.37. The number of hydrogen-bond acceptors (Lipinski definition) is 3. The van der Waals surface area contributed by atoms with E-state index in [2.05, 4.69) is 6.07 Å². The normalized spacial score (nSPS) is 20.6. The Bertz CT molecular complexity index is 650. The quantitative estimate of drug-likeness (QED) is 0.733. The van der Waals surface area contributed by atoms with E-state index in [9.17, 15) is 8.42 Å². The van der Waals surface area contributed by atoms with Crippen LogP contribution in [0.5, 0.6) is 5.75 Å². The van der Waals surface area contributed by atoms with Crippen LogP contribution in [0.1, 0.15) is 42.7 Å². The van der Waals surface area contributed by atoms with Gasteiger partial charge in [-0.1, -0.05) is 12.1 Å². The van der Waals surface area contributed by atoms with Crippen LogP contribution in [-0.2, 0) is 15.9 Å². The molecule has 1 aromatic carbocycles. The van der Waals surface area contributed by atoms with Crippen molar-refractivity contribution >= 4 is 21.6 Å². The van der Waals surface area contributed by atoms with Crippen LogP contribution in [0.3, 0.4) is 0 Å². The average Bonchev–Trinajstić information content (AvgIpc) is 3.37. The van der Waals surface area contributed by atoms with E-state index >= 15 is 0 Å². The second-order valence-electron chi connectivity index (χ2n) is 6.70. The molecule has 1 saturated heterocycles. The highest BCUT2D eigenvalue weighted by Crippen LogP contribution is 2.45. The van der Waals surface area contributed by atoms with Crippen LogP contribution in [0.15, 0.2) is 18.2 Å². The molecule has 6 heteroatoms. The number of sulfonamides is 1. The zero-order chi connectivity index (χ0) is 16.4. The lowest BCUT2D eigenvalue weighted by atomic mass is 9.99. The molecule has 1 saturated carbocycles. The molecule has 2 fully saturated rings. The largest absolute Gasteiger partial charge is 0.493 e. The zero-order valence-corrected chi connectivity index (χ0v) is 15.1. The first-order chi connectivity index (χ1) is 11.0. The van der Waals surface area contributed by atoms with Gasteiger partial charge in [-0.25, -0.2) is 12.7 Å². The van der Waals surface area contributed by atoms with Gasteiger partial charge in [-0.05, 0) is 54.7 Å². The molecule has 23 heavy (non-hydrogen) atoms. The summed E-state index contributed by atoms with van der Waals surface area (Å²) in [6.45, 7) is 1.87. The van der Waals surface area contributed by atoms with Crippen LogP contribution in [0.4, 0.5) is 0 Å². The number of hydrogen-bond donors (Lipinski definition) is 0. The summed E-state index contributed by atoms with van der Waals surface area (Å²) in [6, 6.07) is 6.24. The fraction of sp³-hybridized carbons (Fsp3) is 0.647. The molecule has 1 aliphatic carbocycles. The first-order valence-corrected chi connectivity index (χ1v) is 10.6. The fourth-order valence-electron chi connectivity index (χ4n) is 3.14. The zero-order valence-electron chi connectivity index (χ0n) is 13.5. The van der Waals surface area contributed by atoms with Crippen molar-refractivity contribution in [1.29, 1.82) is 0 Å². The van der Waals surface area contributed by atoms with Crippen molar-refractivity contribution in [2.24, 2.45) is 5.92 Å². The van der Waals surface area contributed by atoms with Gasteiger partial charge in [0.15, 0.2) is 0 Å². The SMILES string of the molecule is CS(=O)(=O)N1CCC(COc2ccc(CCl)cc2C2CC2)CC1. The van der Waals surface area contributed by atoms with Crippen LogP contribution < -0.4 is 4.74 Å². The summed E-state index contributed by atoms with van der Waals surface area (Å²) < 4.78 is 30.7. The number of nitrogens with zero attached hydrogens (tertiary/aromatic N) is 1. The minimum absolute atomic E-state index is 0.424. The van der Waals surface area contributed by atoms with Gasteiger partial charge in [-0.15, -0.1) is 11.6 Å². The number of benzene rings is 1. The predicted octanol–water partition coefficient (Wildman–Crippen LogP) is 3.35. The first kappa shape index (κ1) is 17.1. The molecule has 0 bridgehead atoms. The van der Waals surface area contributed by atoms with Crippen molar-refractivity contribution in [3.8, 4) is 5.75 Å². The lowest BCUT2D eigenvalue weighted by Gasteiger charge is -2.30. The Morgan fingerprint density at radius 2 is 1.91 bits per heavy atom. The highest BCUT2D eigenvalue weighted by Gasteiger charge is 2.28. The van der Waals surface area contributed by atoms with Crippen molar-refractivity contribution in [3.05, 3.63) is 29.3 Å². The Labute approximate surface area is 143 Å². The van der Waals surface area contributed by atoms with Crippen molar-refractivity contribution in [3.63, 3.8) is 0 Å². The van der Waals surface area contributed by atoms with Gasteiger partial charge in [-0.2, -0.15) is 0 Å². The van der Waals surface area contributed by atoms with Crippen molar-refractivity contribution in [2.75, 3.05) is 26.0 Å². The summed E-state index contributed by atoms with van der Waals surface area (Å²) in [6.07, 6.45) is 5.48. The van der Waals surface area contributed by atoms with Gasteiger partial charge in [0.05, 0.1) is 12.9 Å². The standard InChI is InChI=1S/C17H24ClNO3S/c1-23(20,21)19-8-6-13(7-9-19)12-22-17-5-2-14(11-18)10-16(17)15-3-4-15/h2,5,10,13,15H,3-4,6-9,11-12H2,1H3. The van der Waals surface area contributed by atoms with E-state index in [1.807, 2.05) is 12.1 Å².